The van der Waals surface area contributed by atoms with E-state index in [2.05, 4.69) is 20.7 Å². The summed E-state index contributed by atoms with van der Waals surface area (Å²) in [7, 11) is 0. The molecular weight excluding hydrogens is 321 g/mol. The van der Waals surface area contributed by atoms with Crippen molar-refractivity contribution in [3.05, 3.63) is 60.5 Å². The third-order valence-corrected chi connectivity index (χ3v) is 3.06. The lowest BCUT2D eigenvalue weighted by Gasteiger charge is -2.01. The number of nitro groups is 1. The maximum atomic E-state index is 11.2. The average Bonchev–Trinajstić information content (AvgIpc) is 2.45. The van der Waals surface area contributed by atoms with Gasteiger partial charge in [-0.1, -0.05) is 29.3 Å². The van der Waals surface area contributed by atoms with Crippen LogP contribution in [0.25, 0.3) is 0 Å². The average molecular weight is 328 g/mol. The smallest absolute Gasteiger partial charge is 0.275 e. The van der Waals surface area contributed by atoms with Crippen LogP contribution in [0.15, 0.2) is 34.3 Å². The standard InChI is InChI=1S/C11H7Cl2N5O3/c12-7-2-1-6(3-9(7)18(20)21)4-14-16-8-5-15-17-11(19)10(8)13/h1-5H,(H2,16,17,19)/b14-4-. The van der Waals surface area contributed by atoms with Gasteiger partial charge in [0.05, 0.1) is 17.3 Å². The number of hydrazone groups is 1. The van der Waals surface area contributed by atoms with Gasteiger partial charge in [-0.15, -0.1) is 0 Å². The molecule has 2 N–H and O–H groups in total. The van der Waals surface area contributed by atoms with Crippen molar-refractivity contribution in [1.82, 2.24) is 10.2 Å². The maximum absolute atomic E-state index is 11.2. The first-order chi connectivity index (χ1) is 9.99. The highest BCUT2D eigenvalue weighted by atomic mass is 35.5. The molecule has 0 aliphatic carbocycles. The Bertz CT molecular complexity index is 775. The van der Waals surface area contributed by atoms with Crippen LogP contribution in [0.1, 0.15) is 5.56 Å². The molecule has 0 atom stereocenters. The van der Waals surface area contributed by atoms with Gasteiger partial charge >= 0.3 is 0 Å². The van der Waals surface area contributed by atoms with Crippen molar-refractivity contribution < 1.29 is 4.92 Å². The van der Waals surface area contributed by atoms with Crippen LogP contribution in [-0.2, 0) is 0 Å². The number of benzene rings is 1. The Morgan fingerprint density at radius 2 is 2.19 bits per heavy atom. The molecule has 2 rings (SSSR count). The summed E-state index contributed by atoms with van der Waals surface area (Å²) in [5.41, 5.74) is 2.40. The SMILES string of the molecule is O=c1[nH]ncc(N/N=C\c2ccc(Cl)c([N+](=O)[O-])c2)c1Cl. The van der Waals surface area contributed by atoms with Gasteiger partial charge in [0.1, 0.15) is 15.7 Å². The summed E-state index contributed by atoms with van der Waals surface area (Å²) < 4.78 is 0. The highest BCUT2D eigenvalue weighted by molar-refractivity contribution is 6.33. The number of hydrogen-bond donors (Lipinski definition) is 2. The molecule has 0 saturated carbocycles. The molecule has 0 aliphatic rings. The molecular formula is C11H7Cl2N5O3. The Balaban J connectivity index is 2.19. The van der Waals surface area contributed by atoms with Crippen molar-refractivity contribution >= 4 is 40.8 Å². The second-order valence-corrected chi connectivity index (χ2v) is 4.55. The molecule has 0 saturated heterocycles. The minimum Gasteiger partial charge on any atom is -0.275 e. The molecule has 0 amide bonds. The zero-order valence-corrected chi connectivity index (χ0v) is 11.7. The van der Waals surface area contributed by atoms with Crippen LogP contribution in [0.4, 0.5) is 11.4 Å². The number of rotatable bonds is 4. The van der Waals surface area contributed by atoms with Crippen LogP contribution in [0, 0.1) is 10.1 Å². The van der Waals surface area contributed by atoms with E-state index in [0.29, 0.717) is 5.56 Å². The molecule has 1 aromatic carbocycles. The molecule has 8 nitrogen and oxygen atoms in total. The van der Waals surface area contributed by atoms with Gasteiger partial charge < -0.3 is 0 Å². The summed E-state index contributed by atoms with van der Waals surface area (Å²) in [5.74, 6) is 0. The van der Waals surface area contributed by atoms with Gasteiger partial charge in [0.25, 0.3) is 11.2 Å². The molecule has 0 bridgehead atoms. The second-order valence-electron chi connectivity index (χ2n) is 3.76. The van der Waals surface area contributed by atoms with Gasteiger partial charge in [-0.2, -0.15) is 10.2 Å². The molecule has 0 unspecified atom stereocenters. The molecule has 0 spiro atoms. The van der Waals surface area contributed by atoms with Crippen LogP contribution in [0.5, 0.6) is 0 Å². The lowest BCUT2D eigenvalue weighted by Crippen LogP contribution is -2.10. The van der Waals surface area contributed by atoms with Crippen LogP contribution in [0.3, 0.4) is 0 Å². The molecule has 0 fully saturated rings. The van der Waals surface area contributed by atoms with Crippen LogP contribution in [0.2, 0.25) is 10.0 Å². The predicted octanol–water partition coefficient (Wildman–Crippen LogP) is 2.43. The topological polar surface area (TPSA) is 113 Å². The predicted molar refractivity (Wildman–Crippen MR) is 79.2 cm³/mol. The van der Waals surface area contributed by atoms with Gasteiger partial charge in [0.2, 0.25) is 0 Å². The van der Waals surface area contributed by atoms with Gasteiger partial charge in [0.15, 0.2) is 0 Å². The molecule has 1 aromatic heterocycles. The van der Waals surface area contributed by atoms with Gasteiger partial charge in [-0.25, -0.2) is 5.10 Å². The first-order valence-electron chi connectivity index (χ1n) is 5.45. The Morgan fingerprint density at radius 1 is 1.43 bits per heavy atom. The summed E-state index contributed by atoms with van der Waals surface area (Å²) in [6.45, 7) is 0. The van der Waals surface area contributed by atoms with E-state index in [0.717, 1.165) is 0 Å². The monoisotopic (exact) mass is 327 g/mol. The Hall–Kier alpha value is -2.45. The van der Waals surface area contributed by atoms with Crippen LogP contribution >= 0.6 is 23.2 Å². The summed E-state index contributed by atoms with van der Waals surface area (Å²) >= 11 is 11.4. The Morgan fingerprint density at radius 3 is 2.90 bits per heavy atom. The summed E-state index contributed by atoms with van der Waals surface area (Å²) in [5, 5.41) is 20.2. The van der Waals surface area contributed by atoms with Crippen molar-refractivity contribution in [2.45, 2.75) is 0 Å². The van der Waals surface area contributed by atoms with Crippen molar-refractivity contribution in [1.29, 1.82) is 0 Å². The molecule has 0 radical (unpaired) electrons. The quantitative estimate of drug-likeness (QED) is 0.508. The number of nitro benzene ring substituents is 1. The van der Waals surface area contributed by atoms with Crippen molar-refractivity contribution in [3.8, 4) is 0 Å². The van der Waals surface area contributed by atoms with E-state index >= 15 is 0 Å². The van der Waals surface area contributed by atoms with E-state index in [1.807, 2.05) is 0 Å². The number of hydrogen-bond acceptors (Lipinski definition) is 6. The fraction of sp³-hybridized carbons (Fsp3) is 0. The summed E-state index contributed by atoms with van der Waals surface area (Å²) in [6.07, 6.45) is 2.60. The molecule has 108 valence electrons. The number of H-pyrrole nitrogens is 1. The highest BCUT2D eigenvalue weighted by Gasteiger charge is 2.11. The minimum atomic E-state index is -0.593. The number of nitrogens with zero attached hydrogens (tertiary/aromatic N) is 3. The normalized spacial score (nSPS) is 10.8. The lowest BCUT2D eigenvalue weighted by molar-refractivity contribution is -0.384. The fourth-order valence-corrected chi connectivity index (χ4v) is 1.71. The van der Waals surface area contributed by atoms with E-state index in [9.17, 15) is 14.9 Å². The molecule has 0 aliphatic heterocycles. The zero-order valence-electron chi connectivity index (χ0n) is 10.2. The third kappa shape index (κ3) is 3.56. The number of halogens is 2. The second kappa shape index (κ2) is 6.33. The van der Waals surface area contributed by atoms with Crippen molar-refractivity contribution in [2.24, 2.45) is 5.10 Å². The summed E-state index contributed by atoms with van der Waals surface area (Å²) in [4.78, 5) is 21.4. The van der Waals surface area contributed by atoms with E-state index in [1.165, 1.54) is 24.5 Å². The lowest BCUT2D eigenvalue weighted by atomic mass is 10.2. The highest BCUT2D eigenvalue weighted by Crippen LogP contribution is 2.24. The van der Waals surface area contributed by atoms with Gasteiger partial charge in [0, 0.05) is 11.6 Å². The fourth-order valence-electron chi connectivity index (χ4n) is 1.39. The molecule has 21 heavy (non-hydrogen) atoms. The first kappa shape index (κ1) is 14.9. The van der Waals surface area contributed by atoms with E-state index in [1.54, 1.807) is 6.07 Å². The number of nitrogens with one attached hydrogen (secondary N) is 2. The first-order valence-corrected chi connectivity index (χ1v) is 6.21. The van der Waals surface area contributed by atoms with Crippen molar-refractivity contribution in [3.63, 3.8) is 0 Å². The largest absolute Gasteiger partial charge is 0.288 e. The van der Waals surface area contributed by atoms with E-state index in [4.69, 9.17) is 23.2 Å². The number of aromatic amines is 1. The molecule has 2 aromatic rings. The van der Waals surface area contributed by atoms with Crippen molar-refractivity contribution in [2.75, 3.05) is 5.43 Å². The molecule has 10 heteroatoms. The zero-order chi connectivity index (χ0) is 15.4. The Kier molecular flexibility index (Phi) is 4.51. The number of aromatic nitrogens is 2. The molecule has 1 heterocycles. The Labute approximate surface area is 127 Å². The third-order valence-electron chi connectivity index (χ3n) is 2.36. The summed E-state index contributed by atoms with van der Waals surface area (Å²) in [6, 6.07) is 4.21. The minimum absolute atomic E-state index is 0.0342. The van der Waals surface area contributed by atoms with Gasteiger partial charge in [-0.3, -0.25) is 20.3 Å². The van der Waals surface area contributed by atoms with Crippen LogP contribution in [-0.4, -0.2) is 21.3 Å². The van der Waals surface area contributed by atoms with Crippen LogP contribution < -0.4 is 11.0 Å². The van der Waals surface area contributed by atoms with Gasteiger partial charge in [-0.05, 0) is 6.07 Å². The van der Waals surface area contributed by atoms with E-state index < -0.39 is 10.5 Å². The van der Waals surface area contributed by atoms with E-state index in [-0.39, 0.29) is 21.4 Å². The number of anilines is 1. The maximum Gasteiger partial charge on any atom is 0.288 e.